The Morgan fingerprint density at radius 3 is 2.95 bits per heavy atom. The van der Waals surface area contributed by atoms with E-state index in [0.717, 1.165) is 43.4 Å². The zero-order valence-electron chi connectivity index (χ0n) is 11.2. The molecule has 0 aliphatic carbocycles. The largest absolute Gasteiger partial charge is 0.477 e. The van der Waals surface area contributed by atoms with E-state index < -0.39 is 0 Å². The summed E-state index contributed by atoms with van der Waals surface area (Å²) in [6, 6.07) is 4.01. The maximum atomic E-state index is 5.71. The fourth-order valence-electron chi connectivity index (χ4n) is 2.12. The second-order valence-electron chi connectivity index (χ2n) is 4.48. The van der Waals surface area contributed by atoms with Gasteiger partial charge in [-0.25, -0.2) is 9.97 Å². The third kappa shape index (κ3) is 3.46. The first-order valence-electron chi connectivity index (χ1n) is 6.72. The van der Waals surface area contributed by atoms with E-state index in [4.69, 9.17) is 9.47 Å². The van der Waals surface area contributed by atoms with Crippen molar-refractivity contribution in [3.63, 3.8) is 0 Å². The normalized spacial score (nSPS) is 15.3. The van der Waals surface area contributed by atoms with Gasteiger partial charge in [-0.3, -0.25) is 0 Å². The van der Waals surface area contributed by atoms with Crippen molar-refractivity contribution in [1.29, 1.82) is 0 Å². The summed E-state index contributed by atoms with van der Waals surface area (Å²) >= 11 is 1.65. The van der Waals surface area contributed by atoms with Crippen molar-refractivity contribution < 1.29 is 9.47 Å². The molecule has 2 aromatic heterocycles. The van der Waals surface area contributed by atoms with Crippen LogP contribution in [0.4, 0.5) is 5.69 Å². The average molecular weight is 291 g/mol. The highest BCUT2D eigenvalue weighted by Crippen LogP contribution is 2.20. The van der Waals surface area contributed by atoms with Gasteiger partial charge in [0, 0.05) is 49.0 Å². The van der Waals surface area contributed by atoms with Crippen LogP contribution in [0, 0.1) is 0 Å². The zero-order valence-corrected chi connectivity index (χ0v) is 12.0. The lowest BCUT2D eigenvalue weighted by Crippen LogP contribution is -2.36. The third-order valence-electron chi connectivity index (χ3n) is 3.14. The lowest BCUT2D eigenvalue weighted by Gasteiger charge is -2.28. The van der Waals surface area contributed by atoms with Gasteiger partial charge >= 0.3 is 0 Å². The van der Waals surface area contributed by atoms with Gasteiger partial charge in [0.15, 0.2) is 0 Å². The van der Waals surface area contributed by atoms with Crippen LogP contribution in [0.15, 0.2) is 29.9 Å². The van der Waals surface area contributed by atoms with Gasteiger partial charge in [0.1, 0.15) is 0 Å². The van der Waals surface area contributed by atoms with Crippen molar-refractivity contribution in [3.8, 4) is 5.88 Å². The molecule has 0 spiro atoms. The van der Waals surface area contributed by atoms with E-state index in [9.17, 15) is 0 Å². The molecular formula is C14H17N3O2S. The van der Waals surface area contributed by atoms with Crippen molar-refractivity contribution in [2.45, 2.75) is 6.42 Å². The van der Waals surface area contributed by atoms with Crippen LogP contribution in [0.25, 0.3) is 0 Å². The second kappa shape index (κ2) is 6.67. The maximum Gasteiger partial charge on any atom is 0.215 e. The molecule has 2 aromatic rings. The van der Waals surface area contributed by atoms with Crippen molar-refractivity contribution in [1.82, 2.24) is 9.97 Å². The molecule has 0 saturated carbocycles. The Kier molecular flexibility index (Phi) is 4.45. The molecule has 0 bridgehead atoms. The van der Waals surface area contributed by atoms with Crippen LogP contribution in [0.3, 0.4) is 0 Å². The van der Waals surface area contributed by atoms with Gasteiger partial charge in [0.2, 0.25) is 5.88 Å². The molecule has 20 heavy (non-hydrogen) atoms. The molecule has 6 heteroatoms. The zero-order chi connectivity index (χ0) is 13.6. The van der Waals surface area contributed by atoms with E-state index in [1.807, 2.05) is 23.7 Å². The predicted molar refractivity (Wildman–Crippen MR) is 78.6 cm³/mol. The minimum atomic E-state index is 0.604. The summed E-state index contributed by atoms with van der Waals surface area (Å²) in [7, 11) is 0. The summed E-state index contributed by atoms with van der Waals surface area (Å²) in [6.45, 7) is 4.00. The van der Waals surface area contributed by atoms with Crippen LogP contribution in [-0.4, -0.2) is 42.9 Å². The van der Waals surface area contributed by atoms with Crippen LogP contribution >= 0.6 is 11.3 Å². The number of nitrogens with zero attached hydrogens (tertiary/aromatic N) is 3. The van der Waals surface area contributed by atoms with E-state index in [2.05, 4.69) is 14.9 Å². The number of thiazole rings is 1. The summed E-state index contributed by atoms with van der Waals surface area (Å²) in [4.78, 5) is 10.8. The highest BCUT2D eigenvalue weighted by atomic mass is 32.1. The Balaban J connectivity index is 1.56. The average Bonchev–Trinajstić information content (AvgIpc) is 3.02. The summed E-state index contributed by atoms with van der Waals surface area (Å²) in [5.74, 6) is 0.672. The Hall–Kier alpha value is -1.66. The van der Waals surface area contributed by atoms with Gasteiger partial charge in [0.25, 0.3) is 0 Å². The number of hydrogen-bond donors (Lipinski definition) is 0. The highest BCUT2D eigenvalue weighted by Gasteiger charge is 2.12. The first-order chi connectivity index (χ1) is 9.92. The number of hydrogen-bond acceptors (Lipinski definition) is 6. The summed E-state index contributed by atoms with van der Waals surface area (Å²) in [5.41, 5.74) is 1.15. The fourth-order valence-corrected chi connectivity index (χ4v) is 2.72. The molecular weight excluding hydrogens is 274 g/mol. The summed E-state index contributed by atoms with van der Waals surface area (Å²) in [5, 5.41) is 3.07. The highest BCUT2D eigenvalue weighted by molar-refractivity contribution is 7.09. The predicted octanol–water partition coefficient (Wildman–Crippen LogP) is 2.00. The first kappa shape index (κ1) is 13.3. The lowest BCUT2D eigenvalue weighted by molar-refractivity contribution is 0.122. The van der Waals surface area contributed by atoms with Crippen molar-refractivity contribution >= 4 is 17.0 Å². The van der Waals surface area contributed by atoms with Gasteiger partial charge in [-0.1, -0.05) is 0 Å². The minimum Gasteiger partial charge on any atom is -0.477 e. The molecule has 106 valence electrons. The number of rotatable bonds is 5. The number of morpholine rings is 1. The molecule has 0 N–H and O–H groups in total. The molecule has 5 nitrogen and oxygen atoms in total. The smallest absolute Gasteiger partial charge is 0.215 e. The Labute approximate surface area is 122 Å². The number of pyridine rings is 1. The molecule has 0 radical (unpaired) electrons. The minimum absolute atomic E-state index is 0.604. The molecule has 3 rings (SSSR count). The number of ether oxygens (including phenoxy) is 2. The molecule has 1 aliphatic heterocycles. The topological polar surface area (TPSA) is 47.5 Å². The Morgan fingerprint density at radius 2 is 2.15 bits per heavy atom. The van der Waals surface area contributed by atoms with Crippen LogP contribution in [0.5, 0.6) is 5.88 Å². The molecule has 1 saturated heterocycles. The number of anilines is 1. The first-order valence-corrected chi connectivity index (χ1v) is 7.60. The standard InChI is InChI=1S/C14H17N3O2S/c1-3-15-13(19-7-2-14-16-4-10-20-14)11-12(1)17-5-8-18-9-6-17/h1,3-4,10-11H,2,5-9H2. The van der Waals surface area contributed by atoms with Crippen molar-refractivity contribution in [2.75, 3.05) is 37.8 Å². The Bertz CT molecular complexity index is 527. The fraction of sp³-hybridized carbons (Fsp3) is 0.429. The molecule has 1 aliphatic rings. The van der Waals surface area contributed by atoms with Gasteiger partial charge in [-0.15, -0.1) is 11.3 Å². The molecule has 3 heterocycles. The summed E-state index contributed by atoms with van der Waals surface area (Å²) < 4.78 is 11.1. The maximum absolute atomic E-state index is 5.71. The quantitative estimate of drug-likeness (QED) is 0.843. The lowest BCUT2D eigenvalue weighted by atomic mass is 10.3. The van der Waals surface area contributed by atoms with Gasteiger partial charge in [-0.2, -0.15) is 0 Å². The van der Waals surface area contributed by atoms with Gasteiger partial charge in [0.05, 0.1) is 24.8 Å². The summed E-state index contributed by atoms with van der Waals surface area (Å²) in [6.07, 6.45) is 4.43. The molecule has 1 fully saturated rings. The van der Waals surface area contributed by atoms with Crippen LogP contribution in [0.1, 0.15) is 5.01 Å². The van der Waals surface area contributed by atoms with Crippen LogP contribution in [-0.2, 0) is 11.2 Å². The van der Waals surface area contributed by atoms with Crippen molar-refractivity contribution in [3.05, 3.63) is 34.9 Å². The van der Waals surface area contributed by atoms with E-state index in [1.54, 1.807) is 17.5 Å². The van der Waals surface area contributed by atoms with E-state index >= 15 is 0 Å². The molecule has 0 atom stereocenters. The van der Waals surface area contributed by atoms with E-state index in [1.165, 1.54) is 0 Å². The van der Waals surface area contributed by atoms with E-state index in [-0.39, 0.29) is 0 Å². The van der Waals surface area contributed by atoms with Gasteiger partial charge < -0.3 is 14.4 Å². The Morgan fingerprint density at radius 1 is 1.25 bits per heavy atom. The van der Waals surface area contributed by atoms with Crippen LogP contribution in [0.2, 0.25) is 0 Å². The molecule has 0 aromatic carbocycles. The third-order valence-corrected chi connectivity index (χ3v) is 3.98. The molecule has 0 amide bonds. The monoisotopic (exact) mass is 291 g/mol. The molecule has 0 unspecified atom stereocenters. The van der Waals surface area contributed by atoms with Crippen molar-refractivity contribution in [2.24, 2.45) is 0 Å². The van der Waals surface area contributed by atoms with E-state index in [0.29, 0.717) is 12.5 Å². The SMILES string of the molecule is c1cc(N2CCOCC2)cc(OCCc2nccs2)n1. The van der Waals surface area contributed by atoms with Crippen LogP contribution < -0.4 is 9.64 Å². The second-order valence-corrected chi connectivity index (χ2v) is 5.46. The number of aromatic nitrogens is 2. The van der Waals surface area contributed by atoms with Gasteiger partial charge in [-0.05, 0) is 6.07 Å².